The molecule has 0 unspecified atom stereocenters. The minimum atomic E-state index is 0. The lowest BCUT2D eigenvalue weighted by Gasteiger charge is -2.50. The van der Waals surface area contributed by atoms with Gasteiger partial charge in [0.05, 0.1) is 24.4 Å². The molecule has 0 aliphatic carbocycles. The van der Waals surface area contributed by atoms with Gasteiger partial charge in [-0.15, -0.1) is 5.10 Å². The molecule has 2 saturated heterocycles. The maximum atomic E-state index is 5.46. The van der Waals surface area contributed by atoms with E-state index in [2.05, 4.69) is 52.3 Å². The highest BCUT2D eigenvalue weighted by Gasteiger charge is 2.40. The van der Waals surface area contributed by atoms with Gasteiger partial charge in [-0.05, 0) is 81.1 Å². The van der Waals surface area contributed by atoms with Crippen molar-refractivity contribution in [2.24, 2.45) is 0 Å². The maximum Gasteiger partial charge on any atom is 0.246 e. The van der Waals surface area contributed by atoms with E-state index in [4.69, 9.17) is 4.74 Å². The van der Waals surface area contributed by atoms with Gasteiger partial charge in [0.2, 0.25) is 5.95 Å². The smallest absolute Gasteiger partial charge is 0.246 e. The summed E-state index contributed by atoms with van der Waals surface area (Å²) >= 11 is 0. The quantitative estimate of drug-likeness (QED) is 0.676. The van der Waals surface area contributed by atoms with E-state index in [1.165, 1.54) is 24.0 Å². The van der Waals surface area contributed by atoms with Crippen LogP contribution in [0.15, 0.2) is 54.9 Å². The average molecular weight is 406 g/mol. The Hall–Kier alpha value is -2.70. The number of nitrogens with zero attached hydrogens (tertiary/aromatic N) is 4. The van der Waals surface area contributed by atoms with Gasteiger partial charge < -0.3 is 10.1 Å². The van der Waals surface area contributed by atoms with Crippen molar-refractivity contribution < 1.29 is 6.16 Å². The fourth-order valence-corrected chi connectivity index (χ4v) is 4.61. The lowest BCUT2D eigenvalue weighted by molar-refractivity contribution is -0.136. The van der Waals surface area contributed by atoms with E-state index in [-0.39, 0.29) is 6.97 Å². The first-order valence-electron chi connectivity index (χ1n) is 10.8. The van der Waals surface area contributed by atoms with Crippen LogP contribution in [0, 0.1) is 6.92 Å². The Kier molecular flexibility index (Phi) is 5.05. The maximum absolute atomic E-state index is 5.46. The predicted octanol–water partition coefficient (Wildman–Crippen LogP) is 4.53. The van der Waals surface area contributed by atoms with Crippen LogP contribution >= 0.6 is 0 Å². The normalized spacial score (nSPS) is 19.4. The molecule has 2 aliphatic rings. The summed E-state index contributed by atoms with van der Waals surface area (Å²) in [6, 6.07) is 16.8. The summed E-state index contributed by atoms with van der Waals surface area (Å²) < 4.78 is 7.25. The Labute approximate surface area is 179 Å². The third kappa shape index (κ3) is 3.85. The van der Waals surface area contributed by atoms with Crippen LogP contribution in [0.4, 0.5) is 11.6 Å². The molecule has 158 valence electrons. The summed E-state index contributed by atoms with van der Waals surface area (Å²) in [4.78, 5) is 7.05. The van der Waals surface area contributed by atoms with E-state index < -0.39 is 0 Å². The van der Waals surface area contributed by atoms with Gasteiger partial charge in [0.15, 0.2) is 0 Å². The predicted molar refractivity (Wildman–Crippen MR) is 121 cm³/mol. The van der Waals surface area contributed by atoms with Crippen LogP contribution < -0.4 is 5.32 Å². The van der Waals surface area contributed by atoms with E-state index in [1.807, 2.05) is 30.3 Å². The summed E-state index contributed by atoms with van der Waals surface area (Å²) in [5, 5.41) is 7.97. The van der Waals surface area contributed by atoms with Gasteiger partial charge in [-0.2, -0.15) is 4.98 Å². The number of ether oxygens (including phenoxy) is 1. The molecule has 2 aromatic carbocycles. The zero-order valence-corrected chi connectivity index (χ0v) is 17.7. The van der Waals surface area contributed by atoms with Crippen LogP contribution in [0.1, 0.15) is 38.2 Å². The Morgan fingerprint density at radius 1 is 1.10 bits per heavy atom. The van der Waals surface area contributed by atoms with Crippen LogP contribution in [0.5, 0.6) is 0 Å². The molecule has 0 saturated carbocycles. The highest BCUT2D eigenvalue weighted by atomic mass is 16.5. The molecule has 3 aromatic rings. The molecule has 2 fully saturated rings. The number of piperidine rings is 1. The molecule has 0 spiro atoms. The van der Waals surface area contributed by atoms with E-state index in [1.54, 1.807) is 11.0 Å². The van der Waals surface area contributed by atoms with Crippen LogP contribution in [-0.4, -0.2) is 51.5 Å². The van der Waals surface area contributed by atoms with Crippen molar-refractivity contribution in [3.05, 3.63) is 66.0 Å². The summed E-state index contributed by atoms with van der Waals surface area (Å²) in [6.45, 7) is 8.52. The number of anilines is 2. The van der Waals surface area contributed by atoms with Crippen molar-refractivity contribution in [2.45, 2.75) is 38.1 Å². The van der Waals surface area contributed by atoms with Crippen molar-refractivity contribution in [2.75, 3.05) is 31.6 Å². The molecular weight excluding hydrogens is 374 g/mol. The largest absolute Gasteiger partial charge is 0.377 e. The molecular formula is C24H31N5O. The van der Waals surface area contributed by atoms with E-state index in [0.717, 1.165) is 37.7 Å². The Morgan fingerprint density at radius 2 is 1.87 bits per heavy atom. The van der Waals surface area contributed by atoms with E-state index in [0.29, 0.717) is 11.9 Å². The molecule has 0 atom stereocenters. The summed E-state index contributed by atoms with van der Waals surface area (Å²) in [6.07, 6.45) is 4.13. The van der Waals surface area contributed by atoms with Gasteiger partial charge in [-0.3, -0.25) is 4.90 Å². The van der Waals surface area contributed by atoms with Gasteiger partial charge >= 0.3 is 0 Å². The third-order valence-electron chi connectivity index (χ3n) is 6.42. The molecule has 0 amide bonds. The molecule has 1 aromatic heterocycles. The summed E-state index contributed by atoms with van der Waals surface area (Å²) in [5.41, 5.74) is 4.99. The average Bonchev–Trinajstić information content (AvgIpc) is 3.21. The fourth-order valence-electron chi connectivity index (χ4n) is 4.61. The third-order valence-corrected chi connectivity index (χ3v) is 6.42. The number of aromatic nitrogens is 3. The second kappa shape index (κ2) is 7.85. The number of rotatable bonds is 5. The van der Waals surface area contributed by atoms with Gasteiger partial charge in [0, 0.05) is 7.11 Å². The molecule has 3 heterocycles. The molecule has 6 heteroatoms. The molecule has 1 N–H and O–H groups in total. The van der Waals surface area contributed by atoms with Crippen LogP contribution in [-0.2, 0) is 4.74 Å². The molecule has 30 heavy (non-hydrogen) atoms. The lowest BCUT2D eigenvalue weighted by atomic mass is 9.85. The Morgan fingerprint density at radius 3 is 2.57 bits per heavy atom. The summed E-state index contributed by atoms with van der Waals surface area (Å²) in [5.74, 6) is 1.21. The highest BCUT2D eigenvalue weighted by Crippen LogP contribution is 2.35. The fraction of sp³-hybridized carbons (Fsp3) is 0.417. The molecule has 0 bridgehead atoms. The van der Waals surface area contributed by atoms with Crippen LogP contribution in [0.2, 0.25) is 0 Å². The number of hydrogen-bond donors (Lipinski definition) is 1. The highest BCUT2D eigenvalue weighted by molar-refractivity contribution is 5.56. The second-order valence-electron chi connectivity index (χ2n) is 8.86. The SMILES string of the molecule is Cc1cc(Nc2ncn(-c3ccccc3)n2)cc(C2CCN(C3(C)COC3)CC2)c1.[HH]. The first-order valence-corrected chi connectivity index (χ1v) is 10.8. The minimum absolute atomic E-state index is 0. The molecule has 6 nitrogen and oxygen atoms in total. The number of nitrogens with one attached hydrogen (secondary N) is 1. The zero-order valence-electron chi connectivity index (χ0n) is 17.7. The number of para-hydroxylation sites is 1. The number of likely N-dealkylation sites (tertiary alicyclic amines) is 1. The van der Waals surface area contributed by atoms with Crippen molar-refractivity contribution >= 4 is 11.6 Å². The lowest BCUT2D eigenvalue weighted by Crippen LogP contribution is -2.61. The topological polar surface area (TPSA) is 55.2 Å². The number of benzene rings is 2. The Balaban J connectivity index is 0.00000231. The van der Waals surface area contributed by atoms with Crippen molar-refractivity contribution in [3.8, 4) is 5.69 Å². The second-order valence-corrected chi connectivity index (χ2v) is 8.86. The van der Waals surface area contributed by atoms with Gasteiger partial charge in [-0.25, -0.2) is 4.68 Å². The van der Waals surface area contributed by atoms with Crippen LogP contribution in [0.3, 0.4) is 0 Å². The van der Waals surface area contributed by atoms with Gasteiger partial charge in [0.25, 0.3) is 0 Å². The van der Waals surface area contributed by atoms with E-state index >= 15 is 0 Å². The first-order chi connectivity index (χ1) is 14.6. The molecule has 0 radical (unpaired) electrons. The zero-order chi connectivity index (χ0) is 20.6. The monoisotopic (exact) mass is 405 g/mol. The molecule has 2 aliphatic heterocycles. The first kappa shape index (κ1) is 19.3. The van der Waals surface area contributed by atoms with Crippen molar-refractivity contribution in [1.29, 1.82) is 0 Å². The molecule has 5 rings (SSSR count). The van der Waals surface area contributed by atoms with Crippen molar-refractivity contribution in [3.63, 3.8) is 0 Å². The van der Waals surface area contributed by atoms with Gasteiger partial charge in [0.1, 0.15) is 6.33 Å². The Bertz CT molecular complexity index is 1010. The summed E-state index contributed by atoms with van der Waals surface area (Å²) in [7, 11) is 0. The number of hydrogen-bond acceptors (Lipinski definition) is 5. The van der Waals surface area contributed by atoms with Crippen LogP contribution in [0.25, 0.3) is 5.69 Å². The van der Waals surface area contributed by atoms with Gasteiger partial charge in [-0.1, -0.05) is 24.3 Å². The van der Waals surface area contributed by atoms with E-state index in [9.17, 15) is 0 Å². The standard InChI is InChI=1S/C24H29N5O.H2/c1-18-12-20(19-8-10-28(11-9-19)24(2)15-30-16-24)14-21(13-18)26-23-25-17-29(27-23)22-6-4-3-5-7-22;/h3-7,12-14,17,19H,8-11,15-16H2,1-2H3,(H,26,27);1H. The van der Waals surface area contributed by atoms with Crippen molar-refractivity contribution in [1.82, 2.24) is 19.7 Å². The minimum Gasteiger partial charge on any atom is -0.377 e. The number of aryl methyl sites for hydroxylation is 1.